The Labute approximate surface area is 95.3 Å². The summed E-state index contributed by atoms with van der Waals surface area (Å²) in [5.41, 5.74) is 2.42. The van der Waals surface area contributed by atoms with Gasteiger partial charge in [-0.3, -0.25) is 4.98 Å². The number of pyridine rings is 1. The van der Waals surface area contributed by atoms with Crippen LogP contribution in [0.15, 0.2) is 18.5 Å². The molecule has 0 spiro atoms. The summed E-state index contributed by atoms with van der Waals surface area (Å²) in [6.45, 7) is 2.27. The minimum absolute atomic E-state index is 0.305. The minimum Gasteiger partial charge on any atom is -0.340 e. The quantitative estimate of drug-likeness (QED) is 0.836. The fourth-order valence-electron chi connectivity index (χ4n) is 2.92. The maximum Gasteiger partial charge on any atom is 0.113 e. The van der Waals surface area contributed by atoms with Gasteiger partial charge in [0, 0.05) is 11.6 Å². The van der Waals surface area contributed by atoms with Crippen molar-refractivity contribution < 1.29 is 0 Å². The molecule has 3 rings (SSSR count). The molecule has 1 fully saturated rings. The smallest absolute Gasteiger partial charge is 0.113 e. The average molecular weight is 215 g/mol. The van der Waals surface area contributed by atoms with Crippen LogP contribution in [-0.2, 0) is 5.41 Å². The van der Waals surface area contributed by atoms with Crippen molar-refractivity contribution in [1.82, 2.24) is 15.0 Å². The molecule has 0 aromatic carbocycles. The first kappa shape index (κ1) is 9.82. The molecule has 2 aromatic heterocycles. The van der Waals surface area contributed by atoms with Crippen LogP contribution >= 0.6 is 0 Å². The van der Waals surface area contributed by atoms with Gasteiger partial charge in [0.15, 0.2) is 0 Å². The first-order valence-electron chi connectivity index (χ1n) is 6.14. The third-order valence-corrected chi connectivity index (χ3v) is 4.02. The zero-order chi connectivity index (χ0) is 11.0. The van der Waals surface area contributed by atoms with Gasteiger partial charge < -0.3 is 4.98 Å². The highest BCUT2D eigenvalue weighted by Gasteiger charge is 2.36. The topological polar surface area (TPSA) is 41.6 Å². The normalized spacial score (nSPS) is 19.3. The standard InChI is InChI=1S/C13H17N3/c1-2-13(6-3-4-7-13)12-15-10-5-8-14-9-11(10)16-12/h5,8-9H,2-4,6-7H2,1H3,(H,15,16). The molecule has 0 atom stereocenters. The van der Waals surface area contributed by atoms with Gasteiger partial charge in [0.05, 0.1) is 17.2 Å². The molecule has 1 N–H and O–H groups in total. The number of aromatic amines is 1. The number of hydrogen-bond acceptors (Lipinski definition) is 2. The largest absolute Gasteiger partial charge is 0.340 e. The van der Waals surface area contributed by atoms with Crippen LogP contribution < -0.4 is 0 Å². The molecule has 3 nitrogen and oxygen atoms in total. The van der Waals surface area contributed by atoms with Crippen LogP contribution in [0.3, 0.4) is 0 Å². The highest BCUT2D eigenvalue weighted by Crippen LogP contribution is 2.42. The van der Waals surface area contributed by atoms with Crippen LogP contribution in [0.4, 0.5) is 0 Å². The predicted octanol–water partition coefficient (Wildman–Crippen LogP) is 3.18. The number of aromatic nitrogens is 3. The molecule has 0 radical (unpaired) electrons. The van der Waals surface area contributed by atoms with Crippen LogP contribution in [0.1, 0.15) is 44.9 Å². The highest BCUT2D eigenvalue weighted by atomic mass is 15.0. The summed E-state index contributed by atoms with van der Waals surface area (Å²) >= 11 is 0. The van der Waals surface area contributed by atoms with Crippen LogP contribution in [0, 0.1) is 0 Å². The molecule has 0 saturated heterocycles. The molecule has 0 bridgehead atoms. The van der Waals surface area contributed by atoms with Gasteiger partial charge in [0.2, 0.25) is 0 Å². The Morgan fingerprint density at radius 3 is 2.88 bits per heavy atom. The number of nitrogens with zero attached hydrogens (tertiary/aromatic N) is 2. The summed E-state index contributed by atoms with van der Waals surface area (Å²) in [6, 6.07) is 1.98. The lowest BCUT2D eigenvalue weighted by Crippen LogP contribution is -2.22. The third kappa shape index (κ3) is 1.34. The maximum atomic E-state index is 4.74. The third-order valence-electron chi connectivity index (χ3n) is 4.02. The van der Waals surface area contributed by atoms with E-state index in [1.807, 2.05) is 12.3 Å². The number of H-pyrrole nitrogens is 1. The van der Waals surface area contributed by atoms with Crippen molar-refractivity contribution in [3.63, 3.8) is 0 Å². The number of imidazole rings is 1. The lowest BCUT2D eigenvalue weighted by atomic mass is 9.83. The van der Waals surface area contributed by atoms with Crippen molar-refractivity contribution in [1.29, 1.82) is 0 Å². The van der Waals surface area contributed by atoms with E-state index in [4.69, 9.17) is 4.98 Å². The second kappa shape index (κ2) is 3.58. The minimum atomic E-state index is 0.305. The van der Waals surface area contributed by atoms with Gasteiger partial charge in [-0.15, -0.1) is 0 Å². The van der Waals surface area contributed by atoms with Crippen LogP contribution in [0.25, 0.3) is 11.0 Å². The summed E-state index contributed by atoms with van der Waals surface area (Å²) < 4.78 is 0. The van der Waals surface area contributed by atoms with Gasteiger partial charge in [0.1, 0.15) is 5.82 Å². The number of fused-ring (bicyclic) bond motifs is 1. The zero-order valence-corrected chi connectivity index (χ0v) is 9.66. The lowest BCUT2D eigenvalue weighted by molar-refractivity contribution is 0.403. The Hall–Kier alpha value is -1.38. The van der Waals surface area contributed by atoms with Crippen LogP contribution in [-0.4, -0.2) is 15.0 Å². The molecule has 1 saturated carbocycles. The molecular weight excluding hydrogens is 198 g/mol. The van der Waals surface area contributed by atoms with E-state index < -0.39 is 0 Å². The molecule has 2 heterocycles. The number of rotatable bonds is 2. The summed E-state index contributed by atoms with van der Waals surface area (Å²) in [5.74, 6) is 1.18. The van der Waals surface area contributed by atoms with Crippen molar-refractivity contribution in [2.75, 3.05) is 0 Å². The molecule has 0 aliphatic heterocycles. The SMILES string of the molecule is CCC1(c2nc3ccncc3[nH]2)CCCC1. The molecule has 1 aliphatic carbocycles. The summed E-state index contributed by atoms with van der Waals surface area (Å²) in [6.07, 6.45) is 10.1. The Bertz CT molecular complexity index is 462. The number of nitrogens with one attached hydrogen (secondary N) is 1. The fourth-order valence-corrected chi connectivity index (χ4v) is 2.92. The Balaban J connectivity index is 2.10. The second-order valence-electron chi connectivity index (χ2n) is 4.82. The van der Waals surface area contributed by atoms with Gasteiger partial charge in [-0.1, -0.05) is 19.8 Å². The van der Waals surface area contributed by atoms with E-state index in [0.717, 1.165) is 11.0 Å². The maximum absolute atomic E-state index is 4.74. The molecule has 0 amide bonds. The van der Waals surface area contributed by atoms with Crippen LogP contribution in [0.5, 0.6) is 0 Å². The zero-order valence-electron chi connectivity index (χ0n) is 9.66. The van der Waals surface area contributed by atoms with Gasteiger partial charge in [-0.2, -0.15) is 0 Å². The van der Waals surface area contributed by atoms with Gasteiger partial charge in [-0.25, -0.2) is 4.98 Å². The predicted molar refractivity (Wildman–Crippen MR) is 64.3 cm³/mol. The summed E-state index contributed by atoms with van der Waals surface area (Å²) in [5, 5.41) is 0. The molecular formula is C13H17N3. The van der Waals surface area contributed by atoms with E-state index in [1.165, 1.54) is 37.9 Å². The Morgan fingerprint density at radius 1 is 1.38 bits per heavy atom. The van der Waals surface area contributed by atoms with E-state index in [1.54, 1.807) is 6.20 Å². The summed E-state index contributed by atoms with van der Waals surface area (Å²) in [7, 11) is 0. The molecule has 84 valence electrons. The fraction of sp³-hybridized carbons (Fsp3) is 0.538. The molecule has 1 aliphatic rings. The lowest BCUT2D eigenvalue weighted by Gasteiger charge is -2.24. The first-order valence-corrected chi connectivity index (χ1v) is 6.14. The van der Waals surface area contributed by atoms with Gasteiger partial charge in [0.25, 0.3) is 0 Å². The van der Waals surface area contributed by atoms with E-state index in [-0.39, 0.29) is 0 Å². The van der Waals surface area contributed by atoms with E-state index in [0.29, 0.717) is 5.41 Å². The van der Waals surface area contributed by atoms with E-state index >= 15 is 0 Å². The Morgan fingerprint density at radius 2 is 2.19 bits per heavy atom. The van der Waals surface area contributed by atoms with E-state index in [2.05, 4.69) is 16.9 Å². The molecule has 16 heavy (non-hydrogen) atoms. The Kier molecular flexibility index (Phi) is 2.20. The summed E-state index contributed by atoms with van der Waals surface area (Å²) in [4.78, 5) is 12.3. The first-order chi connectivity index (χ1) is 7.84. The van der Waals surface area contributed by atoms with Gasteiger partial charge in [-0.05, 0) is 25.3 Å². The average Bonchev–Trinajstić information content (AvgIpc) is 2.96. The number of hydrogen-bond donors (Lipinski definition) is 1. The second-order valence-corrected chi connectivity index (χ2v) is 4.82. The highest BCUT2D eigenvalue weighted by molar-refractivity contribution is 5.73. The van der Waals surface area contributed by atoms with Crippen molar-refractivity contribution in [3.8, 4) is 0 Å². The molecule has 0 unspecified atom stereocenters. The van der Waals surface area contributed by atoms with Crippen molar-refractivity contribution in [2.45, 2.75) is 44.4 Å². The monoisotopic (exact) mass is 215 g/mol. The van der Waals surface area contributed by atoms with Crippen LogP contribution in [0.2, 0.25) is 0 Å². The van der Waals surface area contributed by atoms with Crippen molar-refractivity contribution in [3.05, 3.63) is 24.3 Å². The molecule has 2 aromatic rings. The van der Waals surface area contributed by atoms with Gasteiger partial charge >= 0.3 is 0 Å². The van der Waals surface area contributed by atoms with E-state index in [9.17, 15) is 0 Å². The van der Waals surface area contributed by atoms with Crippen molar-refractivity contribution >= 4 is 11.0 Å². The molecule has 3 heteroatoms. The van der Waals surface area contributed by atoms with Crippen molar-refractivity contribution in [2.24, 2.45) is 0 Å².